The van der Waals surface area contributed by atoms with Gasteiger partial charge >= 0.3 is 0 Å². The van der Waals surface area contributed by atoms with Gasteiger partial charge in [-0.05, 0) is 30.9 Å². The van der Waals surface area contributed by atoms with Crippen molar-refractivity contribution in [3.8, 4) is 5.75 Å². The number of amides is 1. The third kappa shape index (κ3) is 4.05. The number of nitrogens with zero attached hydrogens (tertiary/aromatic N) is 2. The van der Waals surface area contributed by atoms with Gasteiger partial charge in [-0.1, -0.05) is 38.0 Å². The molecule has 4 heteroatoms. The van der Waals surface area contributed by atoms with Crippen LogP contribution in [0.15, 0.2) is 24.3 Å². The van der Waals surface area contributed by atoms with E-state index in [0.29, 0.717) is 0 Å². The molecule has 1 aliphatic heterocycles. The van der Waals surface area contributed by atoms with Gasteiger partial charge in [-0.25, -0.2) is 0 Å². The number of para-hydroxylation sites is 1. The van der Waals surface area contributed by atoms with Crippen molar-refractivity contribution in [3.05, 3.63) is 29.8 Å². The number of hydrogen-bond donors (Lipinski definition) is 0. The topological polar surface area (TPSA) is 32.8 Å². The molecule has 1 aromatic rings. The Morgan fingerprint density at radius 3 is 2.52 bits per heavy atom. The van der Waals surface area contributed by atoms with Crippen LogP contribution in [0.4, 0.5) is 0 Å². The van der Waals surface area contributed by atoms with Crippen LogP contribution in [0.1, 0.15) is 38.2 Å². The van der Waals surface area contributed by atoms with Crippen LogP contribution in [-0.2, 0) is 11.2 Å². The molecule has 3 rings (SSSR count). The zero-order valence-corrected chi connectivity index (χ0v) is 14.2. The van der Waals surface area contributed by atoms with Crippen molar-refractivity contribution in [2.24, 2.45) is 0 Å². The Kier molecular flexibility index (Phi) is 5.55. The lowest BCUT2D eigenvalue weighted by Crippen LogP contribution is -2.52. The molecule has 0 aromatic heterocycles. The smallest absolute Gasteiger partial charge is 0.260 e. The molecule has 23 heavy (non-hydrogen) atoms. The van der Waals surface area contributed by atoms with Crippen LogP contribution in [0, 0.1) is 0 Å². The predicted molar refractivity (Wildman–Crippen MR) is 91.7 cm³/mol. The number of hydrogen-bond acceptors (Lipinski definition) is 3. The number of ether oxygens (including phenoxy) is 1. The molecule has 4 nitrogen and oxygen atoms in total. The van der Waals surface area contributed by atoms with Gasteiger partial charge in [-0.15, -0.1) is 0 Å². The van der Waals surface area contributed by atoms with Gasteiger partial charge in [0.25, 0.3) is 5.91 Å². The van der Waals surface area contributed by atoms with E-state index in [1.54, 1.807) is 0 Å². The van der Waals surface area contributed by atoms with Gasteiger partial charge < -0.3 is 9.64 Å². The lowest BCUT2D eigenvalue weighted by Gasteiger charge is -2.38. The van der Waals surface area contributed by atoms with E-state index >= 15 is 0 Å². The van der Waals surface area contributed by atoms with Gasteiger partial charge in [0, 0.05) is 32.2 Å². The highest BCUT2D eigenvalue weighted by molar-refractivity contribution is 5.78. The molecule has 1 saturated carbocycles. The maximum atomic E-state index is 12.4. The van der Waals surface area contributed by atoms with Crippen LogP contribution in [-0.4, -0.2) is 54.5 Å². The molecule has 0 N–H and O–H groups in total. The lowest BCUT2D eigenvalue weighted by molar-refractivity contribution is -0.135. The normalized spacial score (nSPS) is 20.0. The summed E-state index contributed by atoms with van der Waals surface area (Å²) in [5, 5.41) is 0. The molecule has 2 fully saturated rings. The summed E-state index contributed by atoms with van der Waals surface area (Å²) in [5.74, 6) is 0.954. The number of carbonyl (C=O) groups is 1. The first kappa shape index (κ1) is 16.3. The van der Waals surface area contributed by atoms with E-state index in [2.05, 4.69) is 17.9 Å². The Hall–Kier alpha value is -1.55. The van der Waals surface area contributed by atoms with Gasteiger partial charge in [0.05, 0.1) is 0 Å². The maximum absolute atomic E-state index is 12.4. The highest BCUT2D eigenvalue weighted by Crippen LogP contribution is 2.24. The van der Waals surface area contributed by atoms with E-state index in [0.717, 1.165) is 50.0 Å². The monoisotopic (exact) mass is 316 g/mol. The maximum Gasteiger partial charge on any atom is 0.260 e. The number of aryl methyl sites for hydroxylation is 1. The minimum Gasteiger partial charge on any atom is -0.483 e. The first-order chi connectivity index (χ1) is 11.3. The summed E-state index contributed by atoms with van der Waals surface area (Å²) in [4.78, 5) is 16.9. The molecular weight excluding hydrogens is 288 g/mol. The van der Waals surface area contributed by atoms with Crippen molar-refractivity contribution in [1.29, 1.82) is 0 Å². The van der Waals surface area contributed by atoms with E-state index < -0.39 is 0 Å². The zero-order chi connectivity index (χ0) is 16.1. The van der Waals surface area contributed by atoms with Gasteiger partial charge in [0.15, 0.2) is 6.61 Å². The van der Waals surface area contributed by atoms with Gasteiger partial charge in [-0.2, -0.15) is 0 Å². The highest BCUT2D eigenvalue weighted by atomic mass is 16.5. The van der Waals surface area contributed by atoms with Crippen molar-refractivity contribution in [2.75, 3.05) is 32.8 Å². The van der Waals surface area contributed by atoms with Crippen LogP contribution in [0.5, 0.6) is 5.75 Å². The minimum absolute atomic E-state index is 0.113. The molecule has 0 atom stereocenters. The fraction of sp³-hybridized carbons (Fsp3) is 0.632. The molecule has 0 bridgehead atoms. The summed E-state index contributed by atoms with van der Waals surface area (Å²) in [5.41, 5.74) is 1.16. The summed E-state index contributed by atoms with van der Waals surface area (Å²) in [6.07, 6.45) is 6.34. The number of carbonyl (C=O) groups excluding carboxylic acids is 1. The first-order valence-corrected chi connectivity index (χ1v) is 9.00. The Balaban J connectivity index is 1.46. The van der Waals surface area contributed by atoms with Crippen molar-refractivity contribution < 1.29 is 9.53 Å². The van der Waals surface area contributed by atoms with Crippen LogP contribution in [0.3, 0.4) is 0 Å². The fourth-order valence-electron chi connectivity index (χ4n) is 3.77. The van der Waals surface area contributed by atoms with E-state index in [9.17, 15) is 4.79 Å². The third-order valence-corrected chi connectivity index (χ3v) is 5.21. The molecule has 1 saturated heterocycles. The van der Waals surface area contributed by atoms with Gasteiger partial charge in [0.2, 0.25) is 0 Å². The quantitative estimate of drug-likeness (QED) is 0.837. The first-order valence-electron chi connectivity index (χ1n) is 9.00. The summed E-state index contributed by atoms with van der Waals surface area (Å²) < 4.78 is 5.76. The van der Waals surface area contributed by atoms with Crippen molar-refractivity contribution in [3.63, 3.8) is 0 Å². The Morgan fingerprint density at radius 2 is 1.83 bits per heavy atom. The lowest BCUT2D eigenvalue weighted by atomic mass is 10.1. The van der Waals surface area contributed by atoms with E-state index in [4.69, 9.17) is 4.74 Å². The average molecular weight is 316 g/mol. The van der Waals surface area contributed by atoms with Crippen LogP contribution >= 0.6 is 0 Å². The fourth-order valence-corrected chi connectivity index (χ4v) is 3.77. The Morgan fingerprint density at radius 1 is 1.13 bits per heavy atom. The largest absolute Gasteiger partial charge is 0.483 e. The predicted octanol–water partition coefficient (Wildman–Crippen LogP) is 2.71. The summed E-state index contributed by atoms with van der Waals surface area (Å²) in [6.45, 7) is 5.97. The van der Waals surface area contributed by atoms with Crippen molar-refractivity contribution in [1.82, 2.24) is 9.80 Å². The second-order valence-corrected chi connectivity index (χ2v) is 6.60. The van der Waals surface area contributed by atoms with Crippen LogP contribution < -0.4 is 4.74 Å². The van der Waals surface area contributed by atoms with Crippen LogP contribution in [0.2, 0.25) is 0 Å². The van der Waals surface area contributed by atoms with Crippen molar-refractivity contribution >= 4 is 5.91 Å². The second kappa shape index (κ2) is 7.82. The van der Waals surface area contributed by atoms with E-state index in [1.807, 2.05) is 23.1 Å². The van der Waals surface area contributed by atoms with Crippen molar-refractivity contribution in [2.45, 2.75) is 45.1 Å². The van der Waals surface area contributed by atoms with Crippen LogP contribution in [0.25, 0.3) is 0 Å². The zero-order valence-electron chi connectivity index (χ0n) is 14.2. The summed E-state index contributed by atoms with van der Waals surface area (Å²) in [6, 6.07) is 8.74. The van der Waals surface area contributed by atoms with E-state index in [-0.39, 0.29) is 12.5 Å². The Bertz CT molecular complexity index is 518. The Labute approximate surface area is 139 Å². The average Bonchev–Trinajstić information content (AvgIpc) is 3.14. The molecular formula is C19H28N2O2. The van der Waals surface area contributed by atoms with Gasteiger partial charge in [0.1, 0.15) is 5.75 Å². The third-order valence-electron chi connectivity index (χ3n) is 5.21. The molecule has 1 heterocycles. The second-order valence-electron chi connectivity index (χ2n) is 6.60. The standard InChI is InChI=1S/C19H28N2O2/c1-2-16-7-3-6-10-18(16)23-15-19(22)21-13-11-20(12-14-21)17-8-4-5-9-17/h3,6-7,10,17H,2,4-5,8-9,11-15H2,1H3. The molecule has 0 unspecified atom stereocenters. The summed E-state index contributed by atoms with van der Waals surface area (Å²) >= 11 is 0. The molecule has 2 aliphatic rings. The molecule has 1 amide bonds. The highest BCUT2D eigenvalue weighted by Gasteiger charge is 2.27. The minimum atomic E-state index is 0.113. The molecule has 0 radical (unpaired) electrons. The van der Waals surface area contributed by atoms with Gasteiger partial charge in [-0.3, -0.25) is 9.69 Å². The molecule has 0 spiro atoms. The number of rotatable bonds is 5. The SMILES string of the molecule is CCc1ccccc1OCC(=O)N1CCN(C2CCCC2)CC1. The van der Waals surface area contributed by atoms with E-state index in [1.165, 1.54) is 25.7 Å². The number of benzene rings is 1. The molecule has 1 aliphatic carbocycles. The molecule has 1 aromatic carbocycles. The molecule has 126 valence electrons. The number of piperazine rings is 1. The summed E-state index contributed by atoms with van der Waals surface area (Å²) in [7, 11) is 0.